The summed E-state index contributed by atoms with van der Waals surface area (Å²) >= 11 is 1.46. The van der Waals surface area contributed by atoms with Crippen LogP contribution in [0.15, 0.2) is 55.6 Å². The number of aromatic nitrogens is 3. The Morgan fingerprint density at radius 1 is 1.25 bits per heavy atom. The molecule has 0 aliphatic rings. The molecule has 6 heteroatoms. The molecule has 2 aromatic heterocycles. The van der Waals surface area contributed by atoms with Gasteiger partial charge in [-0.3, -0.25) is 4.90 Å². The summed E-state index contributed by atoms with van der Waals surface area (Å²) in [6, 6.07) is 9.99. The predicted molar refractivity (Wildman–Crippen MR) is 97.5 cm³/mol. The fraction of sp³-hybridized carbons (Fsp3) is 0.222. The van der Waals surface area contributed by atoms with Crippen molar-refractivity contribution in [1.29, 1.82) is 0 Å². The first kappa shape index (κ1) is 16.4. The highest BCUT2D eigenvalue weighted by molar-refractivity contribution is 7.17. The fourth-order valence-electron chi connectivity index (χ4n) is 2.81. The third-order valence-electron chi connectivity index (χ3n) is 3.76. The molecule has 1 atom stereocenters. The number of nitrogens with zero attached hydrogens (tertiary/aromatic N) is 4. The fourth-order valence-corrected chi connectivity index (χ4v) is 3.97. The Balaban J connectivity index is 2.15. The van der Waals surface area contributed by atoms with E-state index in [1.165, 1.54) is 15.9 Å². The maximum Gasteiger partial charge on any atom is 0.230 e. The Morgan fingerprint density at radius 2 is 1.92 bits per heavy atom. The van der Waals surface area contributed by atoms with Gasteiger partial charge in [-0.2, -0.15) is 4.52 Å². The minimum absolute atomic E-state index is 0.115. The molecule has 0 aliphatic carbocycles. The van der Waals surface area contributed by atoms with E-state index in [1.807, 2.05) is 37.3 Å². The lowest BCUT2D eigenvalue weighted by atomic mass is 10.0. The van der Waals surface area contributed by atoms with Crippen LogP contribution in [0.1, 0.15) is 22.3 Å². The maximum atomic E-state index is 10.7. The van der Waals surface area contributed by atoms with Gasteiger partial charge in [0.25, 0.3) is 0 Å². The second-order valence-corrected chi connectivity index (χ2v) is 6.50. The lowest BCUT2D eigenvalue weighted by Gasteiger charge is -2.29. The molecule has 1 aromatic carbocycles. The summed E-state index contributed by atoms with van der Waals surface area (Å²) in [4.78, 5) is 8.09. The molecule has 0 amide bonds. The first-order valence-corrected chi connectivity index (χ1v) is 8.53. The van der Waals surface area contributed by atoms with E-state index in [0.29, 0.717) is 23.9 Å². The van der Waals surface area contributed by atoms with E-state index < -0.39 is 0 Å². The average Bonchev–Trinajstić information content (AvgIpc) is 3.08. The van der Waals surface area contributed by atoms with Gasteiger partial charge in [-0.15, -0.1) is 18.3 Å². The molecule has 5 nitrogen and oxygen atoms in total. The van der Waals surface area contributed by atoms with Gasteiger partial charge >= 0.3 is 0 Å². The minimum atomic E-state index is -0.115. The number of benzene rings is 1. The average molecular weight is 340 g/mol. The van der Waals surface area contributed by atoms with Gasteiger partial charge in [-0.25, -0.2) is 4.98 Å². The van der Waals surface area contributed by atoms with Gasteiger partial charge in [0.05, 0.1) is 10.9 Å². The molecule has 0 spiro atoms. The Hall–Kier alpha value is -2.44. The van der Waals surface area contributed by atoms with Gasteiger partial charge in [0.15, 0.2) is 0 Å². The highest BCUT2D eigenvalue weighted by Crippen LogP contribution is 2.39. The zero-order valence-electron chi connectivity index (χ0n) is 13.6. The largest absolute Gasteiger partial charge is 0.492 e. The van der Waals surface area contributed by atoms with Gasteiger partial charge in [0.1, 0.15) is 5.82 Å². The molecule has 0 radical (unpaired) electrons. The van der Waals surface area contributed by atoms with Crippen LogP contribution in [0.5, 0.6) is 5.88 Å². The van der Waals surface area contributed by atoms with Crippen LogP contribution in [0.3, 0.4) is 0 Å². The first-order valence-electron chi connectivity index (χ1n) is 7.71. The molecular formula is C18H20N4OS. The molecule has 1 N–H and O–H groups in total. The zero-order chi connectivity index (χ0) is 17.1. The van der Waals surface area contributed by atoms with Crippen LogP contribution in [-0.4, -0.2) is 37.7 Å². The monoisotopic (exact) mass is 340 g/mol. The molecule has 0 bridgehead atoms. The summed E-state index contributed by atoms with van der Waals surface area (Å²) in [6.07, 6.45) is 3.72. The number of fused-ring (bicyclic) bond motifs is 1. The number of hydrogen-bond donors (Lipinski definition) is 1. The molecule has 0 fully saturated rings. The number of aromatic hydroxyl groups is 1. The van der Waals surface area contributed by atoms with E-state index in [-0.39, 0.29) is 11.9 Å². The van der Waals surface area contributed by atoms with E-state index >= 15 is 0 Å². The van der Waals surface area contributed by atoms with Crippen molar-refractivity contribution < 1.29 is 5.11 Å². The number of aryl methyl sites for hydroxylation is 1. The van der Waals surface area contributed by atoms with Crippen molar-refractivity contribution in [3.05, 3.63) is 71.9 Å². The summed E-state index contributed by atoms with van der Waals surface area (Å²) in [5.74, 6) is 0.788. The topological polar surface area (TPSA) is 53.7 Å². The van der Waals surface area contributed by atoms with Crippen molar-refractivity contribution in [1.82, 2.24) is 19.5 Å². The second-order valence-electron chi connectivity index (χ2n) is 5.49. The predicted octanol–water partition coefficient (Wildman–Crippen LogP) is 3.57. The van der Waals surface area contributed by atoms with Crippen LogP contribution in [0.2, 0.25) is 0 Å². The van der Waals surface area contributed by atoms with Crippen LogP contribution in [-0.2, 0) is 0 Å². The maximum absolute atomic E-state index is 10.7. The molecule has 124 valence electrons. The molecular weight excluding hydrogens is 320 g/mol. The van der Waals surface area contributed by atoms with Crippen LogP contribution >= 0.6 is 11.3 Å². The molecule has 3 rings (SSSR count). The molecule has 1 unspecified atom stereocenters. The highest BCUT2D eigenvalue weighted by atomic mass is 32.1. The summed E-state index contributed by atoms with van der Waals surface area (Å²) in [5.41, 5.74) is 1.10. The lowest BCUT2D eigenvalue weighted by Crippen LogP contribution is -2.29. The van der Waals surface area contributed by atoms with Gasteiger partial charge < -0.3 is 5.11 Å². The number of rotatable bonds is 7. The third-order valence-corrected chi connectivity index (χ3v) is 4.83. The van der Waals surface area contributed by atoms with Crippen molar-refractivity contribution >= 4 is 16.3 Å². The van der Waals surface area contributed by atoms with Crippen LogP contribution < -0.4 is 0 Å². The molecule has 0 saturated heterocycles. The van der Waals surface area contributed by atoms with Crippen LogP contribution in [0.25, 0.3) is 4.96 Å². The van der Waals surface area contributed by atoms with E-state index in [9.17, 15) is 5.11 Å². The normalized spacial score (nSPS) is 12.6. The molecule has 0 saturated carbocycles. The smallest absolute Gasteiger partial charge is 0.230 e. The summed E-state index contributed by atoms with van der Waals surface area (Å²) < 4.78 is 1.51. The Labute approximate surface area is 145 Å². The van der Waals surface area contributed by atoms with E-state index in [2.05, 4.69) is 40.3 Å². The molecule has 0 aliphatic heterocycles. The molecule has 24 heavy (non-hydrogen) atoms. The zero-order valence-corrected chi connectivity index (χ0v) is 14.4. The van der Waals surface area contributed by atoms with Gasteiger partial charge in [-0.1, -0.05) is 53.8 Å². The van der Waals surface area contributed by atoms with Crippen LogP contribution in [0.4, 0.5) is 0 Å². The highest BCUT2D eigenvalue weighted by Gasteiger charge is 2.28. The summed E-state index contributed by atoms with van der Waals surface area (Å²) in [5, 5.41) is 15.0. The molecule has 3 aromatic rings. The standard InChI is InChI=1S/C18H20N4OS/c1-4-11-21(12-5-2)15(14-9-7-6-8-10-14)16-17(23)22-18(24-16)19-13(3)20-22/h4-10,15,23H,1-2,11-12H2,3H3. The minimum Gasteiger partial charge on any atom is -0.492 e. The first-order chi connectivity index (χ1) is 11.7. The number of thiazole rings is 1. The van der Waals surface area contributed by atoms with E-state index in [1.54, 1.807) is 0 Å². The van der Waals surface area contributed by atoms with Gasteiger partial charge in [0.2, 0.25) is 10.8 Å². The van der Waals surface area contributed by atoms with Crippen molar-refractivity contribution in [3.8, 4) is 5.88 Å². The Bertz CT molecular complexity index is 843. The quantitative estimate of drug-likeness (QED) is 0.668. The van der Waals surface area contributed by atoms with E-state index in [4.69, 9.17) is 0 Å². The number of hydrogen-bond acceptors (Lipinski definition) is 5. The van der Waals surface area contributed by atoms with Crippen LogP contribution in [0, 0.1) is 6.92 Å². The van der Waals surface area contributed by atoms with Crippen molar-refractivity contribution in [3.63, 3.8) is 0 Å². The Kier molecular flexibility index (Phi) is 4.78. The SMILES string of the molecule is C=CCN(CC=C)C(c1ccccc1)c1sc2nc(C)nn2c1O. The van der Waals surface area contributed by atoms with Crippen molar-refractivity contribution in [2.75, 3.05) is 13.1 Å². The molecule has 2 heterocycles. The van der Waals surface area contributed by atoms with Crippen molar-refractivity contribution in [2.45, 2.75) is 13.0 Å². The van der Waals surface area contributed by atoms with Crippen molar-refractivity contribution in [2.24, 2.45) is 0 Å². The van der Waals surface area contributed by atoms with Gasteiger partial charge in [0, 0.05) is 13.1 Å². The summed E-state index contributed by atoms with van der Waals surface area (Å²) in [7, 11) is 0. The van der Waals surface area contributed by atoms with Gasteiger partial charge in [-0.05, 0) is 12.5 Å². The Morgan fingerprint density at radius 3 is 2.50 bits per heavy atom. The summed E-state index contributed by atoms with van der Waals surface area (Å²) in [6.45, 7) is 10.9. The third kappa shape index (κ3) is 2.98. The lowest BCUT2D eigenvalue weighted by molar-refractivity contribution is 0.274. The second kappa shape index (κ2) is 6.98. The van der Waals surface area contributed by atoms with E-state index in [0.717, 1.165) is 10.4 Å².